The van der Waals surface area contributed by atoms with Crippen LogP contribution in [0.4, 0.5) is 13.2 Å². The predicted octanol–water partition coefficient (Wildman–Crippen LogP) is 3.83. The van der Waals surface area contributed by atoms with Gasteiger partial charge in [-0.3, -0.25) is 4.79 Å². The first kappa shape index (κ1) is 16.7. The number of nitrogens with zero attached hydrogens (tertiary/aromatic N) is 1. The minimum atomic E-state index is -4.88. The first-order chi connectivity index (χ1) is 10.9. The zero-order chi connectivity index (χ0) is 16.5. The quantitative estimate of drug-likeness (QED) is 0.903. The molecule has 23 heavy (non-hydrogen) atoms. The van der Waals surface area contributed by atoms with Gasteiger partial charge in [0.15, 0.2) is 0 Å². The Labute approximate surface area is 136 Å². The Morgan fingerprint density at radius 2 is 2.04 bits per heavy atom. The number of rotatable bonds is 3. The van der Waals surface area contributed by atoms with Gasteiger partial charge < -0.3 is 10.1 Å². The molecule has 1 aromatic rings. The lowest BCUT2D eigenvalue weighted by molar-refractivity contribution is -0.176. The fourth-order valence-corrected chi connectivity index (χ4v) is 4.32. The maximum atomic E-state index is 12.7. The third-order valence-electron chi connectivity index (χ3n) is 4.53. The molecule has 0 radical (unpaired) electrons. The maximum Gasteiger partial charge on any atom is 0.471 e. The first-order valence-electron chi connectivity index (χ1n) is 7.88. The first-order valence-corrected chi connectivity index (χ1v) is 8.75. The molecule has 0 aromatic carbocycles. The molecular formula is C15H19F3N2O2S. The minimum Gasteiger partial charge on any atom is -0.371 e. The Balaban J connectivity index is 1.85. The summed E-state index contributed by atoms with van der Waals surface area (Å²) in [5.74, 6) is -1.88. The molecule has 1 aliphatic heterocycles. The van der Waals surface area contributed by atoms with Crippen molar-refractivity contribution in [2.75, 3.05) is 6.61 Å². The predicted molar refractivity (Wildman–Crippen MR) is 79.0 cm³/mol. The molecule has 0 spiro atoms. The van der Waals surface area contributed by atoms with Crippen LogP contribution in [-0.2, 0) is 15.1 Å². The number of carbonyl (C=O) groups excluding carboxylic acids is 1. The van der Waals surface area contributed by atoms with Gasteiger partial charge >= 0.3 is 12.1 Å². The van der Waals surface area contributed by atoms with Crippen molar-refractivity contribution in [3.8, 4) is 0 Å². The second-order valence-corrected chi connectivity index (χ2v) is 7.06. The lowest BCUT2D eigenvalue weighted by Crippen LogP contribution is -2.51. The highest BCUT2D eigenvalue weighted by atomic mass is 32.1. The van der Waals surface area contributed by atoms with E-state index in [9.17, 15) is 18.0 Å². The number of aromatic nitrogens is 1. The van der Waals surface area contributed by atoms with Crippen LogP contribution in [0.1, 0.15) is 61.8 Å². The molecule has 1 amide bonds. The Morgan fingerprint density at radius 3 is 2.65 bits per heavy atom. The van der Waals surface area contributed by atoms with Gasteiger partial charge in [-0.15, -0.1) is 11.3 Å². The van der Waals surface area contributed by atoms with Gasteiger partial charge in [0.2, 0.25) is 0 Å². The number of thiazole rings is 1. The third-order valence-corrected chi connectivity index (χ3v) is 5.47. The van der Waals surface area contributed by atoms with Gasteiger partial charge in [0, 0.05) is 12.0 Å². The van der Waals surface area contributed by atoms with Gasteiger partial charge in [-0.25, -0.2) is 4.98 Å². The molecular weight excluding hydrogens is 329 g/mol. The second kappa shape index (κ2) is 6.39. The van der Waals surface area contributed by atoms with Crippen LogP contribution in [0.5, 0.6) is 0 Å². The average molecular weight is 348 g/mol. The summed E-state index contributed by atoms with van der Waals surface area (Å²) >= 11 is 1.40. The van der Waals surface area contributed by atoms with Crippen LogP contribution in [0, 0.1) is 0 Å². The van der Waals surface area contributed by atoms with Gasteiger partial charge in [0.05, 0.1) is 11.2 Å². The fourth-order valence-electron chi connectivity index (χ4n) is 3.32. The summed E-state index contributed by atoms with van der Waals surface area (Å²) < 4.78 is 43.7. The van der Waals surface area contributed by atoms with Gasteiger partial charge in [-0.05, 0) is 25.7 Å². The molecule has 0 bridgehead atoms. The molecule has 2 aliphatic rings. The molecule has 1 aliphatic carbocycles. The minimum absolute atomic E-state index is 0.0623. The molecule has 1 N–H and O–H groups in total. The monoisotopic (exact) mass is 348 g/mol. The van der Waals surface area contributed by atoms with Crippen molar-refractivity contribution in [1.29, 1.82) is 0 Å². The number of carbonyl (C=O) groups is 1. The van der Waals surface area contributed by atoms with E-state index in [0.29, 0.717) is 25.1 Å². The van der Waals surface area contributed by atoms with Crippen molar-refractivity contribution in [2.24, 2.45) is 0 Å². The molecule has 3 rings (SSSR count). The van der Waals surface area contributed by atoms with E-state index in [1.807, 2.05) is 0 Å². The van der Waals surface area contributed by atoms with Crippen molar-refractivity contribution < 1.29 is 22.7 Å². The Kier molecular flexibility index (Phi) is 4.64. The lowest BCUT2D eigenvalue weighted by Gasteiger charge is -2.37. The summed E-state index contributed by atoms with van der Waals surface area (Å²) in [6.45, 7) is 0.690. The fraction of sp³-hybridized carbons (Fsp3) is 0.733. The highest BCUT2D eigenvalue weighted by Gasteiger charge is 2.46. The number of ether oxygens (including phenoxy) is 1. The second-order valence-electron chi connectivity index (χ2n) is 6.17. The smallest absolute Gasteiger partial charge is 0.371 e. The van der Waals surface area contributed by atoms with Crippen molar-refractivity contribution in [1.82, 2.24) is 10.3 Å². The van der Waals surface area contributed by atoms with Crippen LogP contribution < -0.4 is 5.32 Å². The van der Waals surface area contributed by atoms with Crippen LogP contribution in [-0.4, -0.2) is 23.7 Å². The Hall–Kier alpha value is -1.15. The third kappa shape index (κ3) is 3.52. The van der Waals surface area contributed by atoms with E-state index in [-0.39, 0.29) is 6.10 Å². The van der Waals surface area contributed by atoms with Crippen LogP contribution >= 0.6 is 11.3 Å². The van der Waals surface area contributed by atoms with Crippen molar-refractivity contribution in [3.63, 3.8) is 0 Å². The van der Waals surface area contributed by atoms with Gasteiger partial charge in [0.1, 0.15) is 11.1 Å². The van der Waals surface area contributed by atoms with Gasteiger partial charge in [0.25, 0.3) is 0 Å². The zero-order valence-corrected chi connectivity index (χ0v) is 13.4. The van der Waals surface area contributed by atoms with Crippen molar-refractivity contribution in [2.45, 2.75) is 62.8 Å². The van der Waals surface area contributed by atoms with E-state index in [2.05, 4.69) is 10.3 Å². The Morgan fingerprint density at radius 1 is 1.30 bits per heavy atom. The summed E-state index contributed by atoms with van der Waals surface area (Å²) in [5.41, 5.74) is -0.455. The molecule has 2 fully saturated rings. The highest BCUT2D eigenvalue weighted by molar-refractivity contribution is 7.09. The number of halogens is 3. The largest absolute Gasteiger partial charge is 0.471 e. The number of amides is 1. The van der Waals surface area contributed by atoms with E-state index in [0.717, 1.165) is 37.1 Å². The standard InChI is InChI=1S/C15H19F3N2O2S/c16-15(17,18)13(21)20-14(6-2-1-3-7-14)11-9-23-12(19-11)10-5-4-8-22-10/h9-10H,1-8H2,(H,20,21)/t10-/m1/s1. The van der Waals surface area contributed by atoms with E-state index in [1.54, 1.807) is 5.38 Å². The van der Waals surface area contributed by atoms with Crippen LogP contribution in [0.25, 0.3) is 0 Å². The molecule has 8 heteroatoms. The van der Waals surface area contributed by atoms with Crippen molar-refractivity contribution >= 4 is 17.2 Å². The summed E-state index contributed by atoms with van der Waals surface area (Å²) in [6.07, 6.45) is 0.421. The molecule has 1 saturated heterocycles. The maximum absolute atomic E-state index is 12.7. The molecule has 4 nitrogen and oxygen atoms in total. The van der Waals surface area contributed by atoms with Gasteiger partial charge in [-0.1, -0.05) is 19.3 Å². The number of hydrogen-bond acceptors (Lipinski definition) is 4. The summed E-state index contributed by atoms with van der Waals surface area (Å²) in [4.78, 5) is 16.0. The van der Waals surface area contributed by atoms with Crippen LogP contribution in [0.3, 0.4) is 0 Å². The number of alkyl halides is 3. The lowest BCUT2D eigenvalue weighted by atomic mass is 9.79. The summed E-state index contributed by atoms with van der Waals surface area (Å²) in [6, 6.07) is 0. The Bertz CT molecular complexity index is 561. The van der Waals surface area contributed by atoms with Crippen molar-refractivity contribution in [3.05, 3.63) is 16.1 Å². The molecule has 1 saturated carbocycles. The highest BCUT2D eigenvalue weighted by Crippen LogP contribution is 2.40. The molecule has 0 unspecified atom stereocenters. The average Bonchev–Trinajstić information content (AvgIpc) is 3.18. The van der Waals surface area contributed by atoms with E-state index in [4.69, 9.17) is 4.74 Å². The van der Waals surface area contributed by atoms with Gasteiger partial charge in [-0.2, -0.15) is 13.2 Å². The van der Waals surface area contributed by atoms with E-state index < -0.39 is 17.6 Å². The molecule has 2 heterocycles. The summed E-state index contributed by atoms with van der Waals surface area (Å²) in [5, 5.41) is 4.80. The zero-order valence-electron chi connectivity index (χ0n) is 12.6. The molecule has 1 aromatic heterocycles. The van der Waals surface area contributed by atoms with E-state index in [1.165, 1.54) is 11.3 Å². The SMILES string of the molecule is O=C(NC1(c2csc([C@H]3CCCO3)n2)CCCCC1)C(F)(F)F. The summed E-state index contributed by atoms with van der Waals surface area (Å²) in [7, 11) is 0. The topological polar surface area (TPSA) is 51.2 Å². The molecule has 1 atom stereocenters. The van der Waals surface area contributed by atoms with E-state index >= 15 is 0 Å². The normalized spacial score (nSPS) is 24.6. The van der Waals surface area contributed by atoms with Crippen LogP contribution in [0.2, 0.25) is 0 Å². The number of hydrogen-bond donors (Lipinski definition) is 1. The molecule has 128 valence electrons. The van der Waals surface area contributed by atoms with Crippen LogP contribution in [0.15, 0.2) is 5.38 Å². The number of nitrogens with one attached hydrogen (secondary N) is 1.